The van der Waals surface area contributed by atoms with Crippen molar-refractivity contribution in [3.63, 3.8) is 0 Å². The summed E-state index contributed by atoms with van der Waals surface area (Å²) in [4.78, 5) is 2.23. The van der Waals surface area contributed by atoms with E-state index in [2.05, 4.69) is 10.1 Å². The standard InChI is InChI=1S/C9H17N3O2/c1-14-9-6-2-7(9)4-12(3-6)5-8(10)11-13/h6-7,9,13H,2-5H2,1H3,(H2,10,11)/t6-,7-/m0/s1. The van der Waals surface area contributed by atoms with E-state index in [0.29, 0.717) is 30.3 Å². The summed E-state index contributed by atoms with van der Waals surface area (Å²) in [7, 11) is 1.78. The monoisotopic (exact) mass is 199 g/mol. The lowest BCUT2D eigenvalue weighted by Gasteiger charge is -2.52. The Labute approximate surface area is 83.5 Å². The van der Waals surface area contributed by atoms with Gasteiger partial charge in [0, 0.05) is 20.2 Å². The van der Waals surface area contributed by atoms with Crippen LogP contribution >= 0.6 is 0 Å². The maximum atomic E-state index is 8.45. The van der Waals surface area contributed by atoms with Crippen LogP contribution in [-0.2, 0) is 4.74 Å². The average Bonchev–Trinajstić information content (AvgIpc) is 2.18. The maximum absolute atomic E-state index is 8.45. The van der Waals surface area contributed by atoms with E-state index in [4.69, 9.17) is 15.7 Å². The van der Waals surface area contributed by atoms with E-state index in [-0.39, 0.29) is 0 Å². The first-order valence-corrected chi connectivity index (χ1v) is 4.96. The quantitative estimate of drug-likeness (QED) is 0.283. The number of fused-ring (bicyclic) bond motifs is 2. The molecule has 3 aliphatic rings. The second-order valence-corrected chi connectivity index (χ2v) is 4.24. The zero-order chi connectivity index (χ0) is 10.1. The van der Waals surface area contributed by atoms with E-state index in [0.717, 1.165) is 13.1 Å². The van der Waals surface area contributed by atoms with Crippen molar-refractivity contribution < 1.29 is 9.94 Å². The molecule has 3 fully saturated rings. The molecule has 1 aliphatic carbocycles. The molecule has 0 unspecified atom stereocenters. The van der Waals surface area contributed by atoms with Crippen LogP contribution in [0.2, 0.25) is 0 Å². The molecule has 2 atom stereocenters. The van der Waals surface area contributed by atoms with Crippen molar-refractivity contribution in [3.05, 3.63) is 0 Å². The minimum atomic E-state index is 0.292. The number of oxime groups is 1. The molecular weight excluding hydrogens is 182 g/mol. The second kappa shape index (κ2) is 3.74. The Morgan fingerprint density at radius 2 is 2.21 bits per heavy atom. The maximum Gasteiger partial charge on any atom is 0.153 e. The Morgan fingerprint density at radius 3 is 2.71 bits per heavy atom. The minimum absolute atomic E-state index is 0.292. The number of nitrogens with two attached hydrogens (primary N) is 1. The van der Waals surface area contributed by atoms with Gasteiger partial charge in [0.25, 0.3) is 0 Å². The molecule has 2 heterocycles. The fraction of sp³-hybridized carbons (Fsp3) is 0.889. The molecule has 80 valence electrons. The highest BCUT2D eigenvalue weighted by Crippen LogP contribution is 2.41. The number of piperidine rings is 2. The summed E-state index contributed by atoms with van der Waals surface area (Å²) < 4.78 is 5.40. The molecule has 5 heteroatoms. The van der Waals surface area contributed by atoms with Gasteiger partial charge < -0.3 is 15.7 Å². The number of hydrogen-bond donors (Lipinski definition) is 2. The lowest BCUT2D eigenvalue weighted by Crippen LogP contribution is -2.60. The number of methoxy groups -OCH3 is 1. The Hall–Kier alpha value is -0.810. The highest BCUT2D eigenvalue weighted by atomic mass is 16.5. The molecule has 1 saturated carbocycles. The van der Waals surface area contributed by atoms with Crippen LogP contribution in [0.5, 0.6) is 0 Å². The van der Waals surface area contributed by atoms with E-state index in [1.807, 2.05) is 0 Å². The molecule has 2 aliphatic heterocycles. The van der Waals surface area contributed by atoms with Crippen LogP contribution in [0.4, 0.5) is 0 Å². The molecule has 0 radical (unpaired) electrons. The average molecular weight is 199 g/mol. The second-order valence-electron chi connectivity index (χ2n) is 4.24. The van der Waals surface area contributed by atoms with Crippen molar-refractivity contribution in [2.75, 3.05) is 26.7 Å². The van der Waals surface area contributed by atoms with Gasteiger partial charge in [-0.05, 0) is 18.3 Å². The molecule has 2 bridgehead atoms. The van der Waals surface area contributed by atoms with Gasteiger partial charge in [-0.3, -0.25) is 4.90 Å². The predicted molar refractivity (Wildman–Crippen MR) is 52.2 cm³/mol. The van der Waals surface area contributed by atoms with E-state index >= 15 is 0 Å². The first kappa shape index (κ1) is 9.73. The number of hydrogen-bond acceptors (Lipinski definition) is 4. The van der Waals surface area contributed by atoms with Crippen LogP contribution in [0.25, 0.3) is 0 Å². The number of amidine groups is 1. The van der Waals surface area contributed by atoms with Gasteiger partial charge in [0.1, 0.15) is 0 Å². The summed E-state index contributed by atoms with van der Waals surface area (Å²) >= 11 is 0. The molecule has 3 N–H and O–H groups in total. The first-order chi connectivity index (χ1) is 6.74. The van der Waals surface area contributed by atoms with Crippen molar-refractivity contribution in [2.45, 2.75) is 12.5 Å². The molecule has 0 aromatic heterocycles. The van der Waals surface area contributed by atoms with E-state index in [1.165, 1.54) is 6.42 Å². The lowest BCUT2D eigenvalue weighted by molar-refractivity contribution is -0.124. The van der Waals surface area contributed by atoms with Crippen LogP contribution in [-0.4, -0.2) is 48.8 Å². The zero-order valence-corrected chi connectivity index (χ0v) is 8.39. The normalized spacial score (nSPS) is 38.1. The molecule has 0 aromatic carbocycles. The van der Waals surface area contributed by atoms with Crippen molar-refractivity contribution in [1.29, 1.82) is 0 Å². The Bertz CT molecular complexity index is 232. The largest absolute Gasteiger partial charge is 0.409 e. The summed E-state index contributed by atoms with van der Waals surface area (Å²) in [6.07, 6.45) is 1.71. The van der Waals surface area contributed by atoms with Gasteiger partial charge in [-0.1, -0.05) is 5.16 Å². The van der Waals surface area contributed by atoms with Gasteiger partial charge >= 0.3 is 0 Å². The van der Waals surface area contributed by atoms with Crippen LogP contribution < -0.4 is 5.73 Å². The van der Waals surface area contributed by atoms with Crippen LogP contribution in [0.1, 0.15) is 6.42 Å². The topological polar surface area (TPSA) is 71.1 Å². The summed E-state index contributed by atoms with van der Waals surface area (Å²) in [6, 6.07) is 0. The SMILES string of the molecule is COC1[C@H]2C[C@H]1CN(CC(N)=NO)C2. The molecule has 0 amide bonds. The molecular formula is C9H17N3O2. The Morgan fingerprint density at radius 1 is 1.57 bits per heavy atom. The molecule has 0 spiro atoms. The molecule has 0 aromatic rings. The van der Waals surface area contributed by atoms with Crippen molar-refractivity contribution in [3.8, 4) is 0 Å². The van der Waals surface area contributed by atoms with Gasteiger partial charge in [-0.25, -0.2) is 0 Å². The molecule has 5 nitrogen and oxygen atoms in total. The fourth-order valence-corrected chi connectivity index (χ4v) is 2.72. The summed E-state index contributed by atoms with van der Waals surface area (Å²) in [5.41, 5.74) is 5.46. The van der Waals surface area contributed by atoms with Crippen molar-refractivity contribution >= 4 is 5.84 Å². The Balaban J connectivity index is 1.85. The van der Waals surface area contributed by atoms with Crippen LogP contribution in [0.3, 0.4) is 0 Å². The van der Waals surface area contributed by atoms with Crippen LogP contribution in [0, 0.1) is 11.8 Å². The zero-order valence-electron chi connectivity index (χ0n) is 8.39. The third-order valence-electron chi connectivity index (χ3n) is 3.31. The van der Waals surface area contributed by atoms with E-state index in [1.54, 1.807) is 7.11 Å². The summed E-state index contributed by atoms with van der Waals surface area (Å²) in [5, 5.41) is 11.4. The van der Waals surface area contributed by atoms with Gasteiger partial charge in [-0.15, -0.1) is 0 Å². The Kier molecular flexibility index (Phi) is 2.60. The predicted octanol–water partition coefficient (Wildman–Crippen LogP) is -0.300. The minimum Gasteiger partial charge on any atom is -0.409 e. The number of ether oxygens (including phenoxy) is 1. The van der Waals surface area contributed by atoms with Gasteiger partial charge in [-0.2, -0.15) is 0 Å². The van der Waals surface area contributed by atoms with Crippen molar-refractivity contribution in [1.82, 2.24) is 4.90 Å². The smallest absolute Gasteiger partial charge is 0.153 e. The number of rotatable bonds is 3. The summed E-state index contributed by atoms with van der Waals surface area (Å²) in [6.45, 7) is 2.58. The molecule has 2 saturated heterocycles. The van der Waals surface area contributed by atoms with Gasteiger partial charge in [0.05, 0.1) is 12.6 Å². The highest BCUT2D eigenvalue weighted by Gasteiger charge is 2.46. The fourth-order valence-electron chi connectivity index (χ4n) is 2.72. The van der Waals surface area contributed by atoms with Gasteiger partial charge in [0.15, 0.2) is 5.84 Å². The third-order valence-corrected chi connectivity index (χ3v) is 3.31. The van der Waals surface area contributed by atoms with E-state index < -0.39 is 0 Å². The molecule has 3 rings (SSSR count). The van der Waals surface area contributed by atoms with Crippen LogP contribution in [0.15, 0.2) is 5.16 Å². The first-order valence-electron chi connectivity index (χ1n) is 4.96. The number of nitrogens with zero attached hydrogens (tertiary/aromatic N) is 2. The third kappa shape index (κ3) is 1.57. The molecule has 14 heavy (non-hydrogen) atoms. The highest BCUT2D eigenvalue weighted by molar-refractivity contribution is 5.81. The van der Waals surface area contributed by atoms with Gasteiger partial charge in [0.2, 0.25) is 0 Å². The van der Waals surface area contributed by atoms with Crippen molar-refractivity contribution in [2.24, 2.45) is 22.7 Å². The van der Waals surface area contributed by atoms with E-state index in [9.17, 15) is 0 Å². The lowest BCUT2D eigenvalue weighted by atomic mass is 9.68. The summed E-state index contributed by atoms with van der Waals surface area (Å²) in [5.74, 6) is 1.58.